The van der Waals surface area contributed by atoms with Crippen molar-refractivity contribution in [3.05, 3.63) is 83.3 Å². The van der Waals surface area contributed by atoms with Gasteiger partial charge in [-0.25, -0.2) is 22.4 Å². The van der Waals surface area contributed by atoms with Gasteiger partial charge >= 0.3 is 11.9 Å². The Labute approximate surface area is 265 Å². The summed E-state index contributed by atoms with van der Waals surface area (Å²) in [7, 11) is -9.01. The van der Waals surface area contributed by atoms with E-state index >= 15 is 0 Å². The molecule has 5 rings (SSSR count). The number of fused-ring (bicyclic) bond motifs is 1. The zero-order valence-corrected chi connectivity index (χ0v) is 26.1. The molecular weight excluding hydrogens is 661 g/mol. The molecule has 47 heavy (non-hydrogen) atoms. The lowest BCUT2D eigenvalue weighted by molar-refractivity contribution is 0.0696. The molecule has 0 saturated carbocycles. The molecule has 16 nitrogen and oxygen atoms in total. The van der Waals surface area contributed by atoms with Gasteiger partial charge in [-0.15, -0.1) is 20.0 Å². The van der Waals surface area contributed by atoms with Gasteiger partial charge in [0.2, 0.25) is 0 Å². The van der Waals surface area contributed by atoms with Gasteiger partial charge in [-0.2, -0.15) is 13.5 Å². The predicted molar refractivity (Wildman–Crippen MR) is 163 cm³/mol. The average Bonchev–Trinajstić information content (AvgIpc) is 3.55. The minimum atomic E-state index is -4.62. The Hall–Kier alpha value is -5.53. The number of hydrogen-bond donors (Lipinski definition) is 5. The molecule has 0 spiro atoms. The molecular formula is C28H24FN7O9S2. The maximum atomic E-state index is 14.6. The van der Waals surface area contributed by atoms with Gasteiger partial charge in [0.05, 0.1) is 26.6 Å². The van der Waals surface area contributed by atoms with Crippen LogP contribution in [-0.2, 0) is 25.6 Å². The lowest BCUT2D eigenvalue weighted by atomic mass is 9.91. The van der Waals surface area contributed by atoms with Crippen molar-refractivity contribution >= 4 is 54.8 Å². The third-order valence-corrected chi connectivity index (χ3v) is 8.79. The molecule has 2 heterocycles. The first-order valence-corrected chi connectivity index (χ1v) is 16.2. The number of anilines is 1. The Morgan fingerprint density at radius 1 is 0.872 bits per heavy atom. The summed E-state index contributed by atoms with van der Waals surface area (Å²) in [4.78, 5) is 24.7. The largest absolute Gasteiger partial charge is 0.478 e. The normalized spacial score (nSPS) is 12.5. The zero-order chi connectivity index (χ0) is 34.5. The summed E-state index contributed by atoms with van der Waals surface area (Å²) in [5.41, 5.74) is -0.406. The van der Waals surface area contributed by atoms with Crippen molar-refractivity contribution < 1.29 is 45.6 Å². The number of azo groups is 1. The van der Waals surface area contributed by atoms with Crippen LogP contribution in [0.25, 0.3) is 17.0 Å². The number of aromatic nitrogens is 4. The number of carboxylic acids is 2. The molecule has 0 atom stereocenters. The fourth-order valence-corrected chi connectivity index (χ4v) is 5.91. The molecule has 0 bridgehead atoms. The summed E-state index contributed by atoms with van der Waals surface area (Å²) in [5.74, 6) is -3.76. The second-order valence-electron chi connectivity index (χ2n) is 11.1. The van der Waals surface area contributed by atoms with E-state index < -0.39 is 64.2 Å². The van der Waals surface area contributed by atoms with Crippen LogP contribution in [0.5, 0.6) is 0 Å². The van der Waals surface area contributed by atoms with E-state index in [1.165, 1.54) is 28.9 Å². The third kappa shape index (κ3) is 6.86. The summed E-state index contributed by atoms with van der Waals surface area (Å²) in [5, 5.41) is 35.5. The van der Waals surface area contributed by atoms with Crippen LogP contribution in [0.2, 0.25) is 0 Å². The number of carboxylic acid groups (broad SMARTS) is 2. The van der Waals surface area contributed by atoms with Crippen molar-refractivity contribution in [1.82, 2.24) is 19.8 Å². The number of benzene rings is 3. The molecule has 5 aromatic rings. The summed E-state index contributed by atoms with van der Waals surface area (Å²) < 4.78 is 75.8. The van der Waals surface area contributed by atoms with E-state index in [1.54, 1.807) is 0 Å². The van der Waals surface area contributed by atoms with Crippen molar-refractivity contribution in [2.45, 2.75) is 36.0 Å². The first kappa shape index (κ1) is 32.9. The Morgan fingerprint density at radius 3 is 2.02 bits per heavy atom. The van der Waals surface area contributed by atoms with E-state index in [9.17, 15) is 41.0 Å². The lowest BCUT2D eigenvalue weighted by Crippen LogP contribution is -2.15. The Kier molecular flexibility index (Phi) is 8.16. The van der Waals surface area contributed by atoms with Crippen LogP contribution in [0, 0.1) is 5.82 Å². The second kappa shape index (κ2) is 11.7. The number of rotatable bonds is 9. The monoisotopic (exact) mass is 685 g/mol. The SMILES string of the molecule is CC(C)(C)c1nn2nc(-c3ccc(NS(=O)(=O)c4cc(C(=O)O)cc(C(=O)O)c4)cc3)[nH]c2c1/N=N/c1ccc(S(=O)(=O)O)cc1F. The summed E-state index contributed by atoms with van der Waals surface area (Å²) in [6.07, 6.45) is 0. The van der Waals surface area contributed by atoms with Gasteiger partial charge in [0.1, 0.15) is 5.69 Å². The van der Waals surface area contributed by atoms with E-state index in [0.29, 0.717) is 17.3 Å². The quantitative estimate of drug-likeness (QED) is 0.102. The molecule has 0 aliphatic carbocycles. The molecule has 3 aromatic carbocycles. The van der Waals surface area contributed by atoms with Crippen LogP contribution in [0.3, 0.4) is 0 Å². The van der Waals surface area contributed by atoms with Crippen LogP contribution in [0.1, 0.15) is 47.2 Å². The van der Waals surface area contributed by atoms with Gasteiger partial charge in [0.25, 0.3) is 20.1 Å². The number of aromatic amines is 1. The molecule has 0 unspecified atom stereocenters. The second-order valence-corrected chi connectivity index (χ2v) is 14.2. The molecule has 5 N–H and O–H groups in total. The maximum absolute atomic E-state index is 14.6. The Balaban J connectivity index is 1.45. The fourth-order valence-electron chi connectivity index (χ4n) is 4.29. The maximum Gasteiger partial charge on any atom is 0.335 e. The first-order valence-electron chi connectivity index (χ1n) is 13.3. The van der Waals surface area contributed by atoms with Crippen molar-refractivity contribution in [2.24, 2.45) is 10.2 Å². The van der Waals surface area contributed by atoms with E-state index in [1.807, 2.05) is 20.8 Å². The summed E-state index contributed by atoms with van der Waals surface area (Å²) in [6, 6.07) is 11.0. The lowest BCUT2D eigenvalue weighted by Gasteiger charge is -2.15. The topological polar surface area (TPSA) is 246 Å². The van der Waals surface area contributed by atoms with E-state index in [-0.39, 0.29) is 28.5 Å². The molecule has 0 fully saturated rings. The van der Waals surface area contributed by atoms with E-state index in [2.05, 4.69) is 30.1 Å². The molecule has 19 heteroatoms. The van der Waals surface area contributed by atoms with Gasteiger partial charge in [-0.3, -0.25) is 9.27 Å². The molecule has 2 aromatic heterocycles. The van der Waals surface area contributed by atoms with Crippen LogP contribution in [-0.4, -0.2) is 63.4 Å². The Bertz CT molecular complexity index is 2290. The number of carbonyl (C=O) groups is 2. The highest BCUT2D eigenvalue weighted by atomic mass is 32.2. The van der Waals surface area contributed by atoms with Crippen LogP contribution in [0.4, 0.5) is 21.5 Å². The van der Waals surface area contributed by atoms with Crippen LogP contribution in [0.15, 0.2) is 80.7 Å². The van der Waals surface area contributed by atoms with Crippen molar-refractivity contribution in [3.63, 3.8) is 0 Å². The van der Waals surface area contributed by atoms with Crippen LogP contribution < -0.4 is 4.72 Å². The highest BCUT2D eigenvalue weighted by Crippen LogP contribution is 2.36. The van der Waals surface area contributed by atoms with Gasteiger partial charge in [-0.1, -0.05) is 20.8 Å². The molecule has 0 aliphatic heterocycles. The minimum Gasteiger partial charge on any atom is -0.478 e. The predicted octanol–water partition coefficient (Wildman–Crippen LogP) is 5.02. The van der Waals surface area contributed by atoms with Gasteiger partial charge < -0.3 is 15.2 Å². The van der Waals surface area contributed by atoms with Gasteiger partial charge in [-0.05, 0) is 60.7 Å². The minimum absolute atomic E-state index is 0.0780. The highest BCUT2D eigenvalue weighted by Gasteiger charge is 2.27. The molecule has 0 aliphatic rings. The summed E-state index contributed by atoms with van der Waals surface area (Å²) >= 11 is 0. The Morgan fingerprint density at radius 2 is 1.49 bits per heavy atom. The standard InChI is InChI=1S/C28H24FN7O9S2/c1-28(2,3)23-22(32-31-21-9-8-18(13-20(21)29)47(43,44)45)25-30-24(34-36(25)33-23)14-4-6-17(7-5-14)35-46(41,42)19-11-15(26(37)38)10-16(12-19)27(39)40/h4-13,35H,1-3H3,(H,30,34)(H,37,38)(H,39,40)(H,43,44,45)/b32-31+. The van der Waals surface area contributed by atoms with Crippen molar-refractivity contribution in [1.29, 1.82) is 0 Å². The van der Waals surface area contributed by atoms with Crippen molar-refractivity contribution in [2.75, 3.05) is 4.72 Å². The first-order chi connectivity index (χ1) is 21.8. The smallest absolute Gasteiger partial charge is 0.335 e. The van der Waals surface area contributed by atoms with Gasteiger partial charge in [0, 0.05) is 16.7 Å². The van der Waals surface area contributed by atoms with Crippen molar-refractivity contribution in [3.8, 4) is 11.4 Å². The fraction of sp³-hybridized carbons (Fsp3) is 0.143. The number of hydrogen-bond acceptors (Lipinski definition) is 10. The molecule has 0 amide bonds. The third-order valence-electron chi connectivity index (χ3n) is 6.58. The van der Waals surface area contributed by atoms with Crippen LogP contribution >= 0.6 is 0 Å². The highest BCUT2D eigenvalue weighted by molar-refractivity contribution is 7.92. The zero-order valence-electron chi connectivity index (χ0n) is 24.5. The van der Waals surface area contributed by atoms with E-state index in [4.69, 9.17) is 4.55 Å². The average molecular weight is 686 g/mol. The number of nitrogens with one attached hydrogen (secondary N) is 2. The number of nitrogens with zero attached hydrogens (tertiary/aromatic N) is 5. The molecule has 0 radical (unpaired) electrons. The molecule has 244 valence electrons. The summed E-state index contributed by atoms with van der Waals surface area (Å²) in [6.45, 7) is 5.57. The van der Waals surface area contributed by atoms with E-state index in [0.717, 1.165) is 30.3 Å². The number of sulfonamides is 1. The molecule has 0 saturated heterocycles. The number of H-pyrrole nitrogens is 1. The number of aromatic carboxylic acids is 2. The van der Waals surface area contributed by atoms with Gasteiger partial charge in [0.15, 0.2) is 23.0 Å². The number of halogens is 1.